The van der Waals surface area contributed by atoms with Crippen LogP contribution in [0.1, 0.15) is 11.1 Å². The largest absolute Gasteiger partial charge is 0.351 e. The lowest BCUT2D eigenvalue weighted by Gasteiger charge is -2.32. The van der Waals surface area contributed by atoms with Crippen molar-refractivity contribution in [2.24, 2.45) is 0 Å². The predicted molar refractivity (Wildman–Crippen MR) is 85.8 cm³/mol. The molecule has 0 aliphatic carbocycles. The maximum atomic E-state index is 6.06. The maximum Gasteiger partial charge on any atom is 0.104 e. The number of benzene rings is 2. The standard InChI is InChI=1S/C16H13BrClN/c17-16-9-6-13-10-14(18)7-8-15(13)19(16)11-12-4-2-1-3-5-12/h1-10,16H,11H2. The van der Waals surface area contributed by atoms with Gasteiger partial charge in [-0.3, -0.25) is 0 Å². The van der Waals surface area contributed by atoms with E-state index in [1.54, 1.807) is 0 Å². The van der Waals surface area contributed by atoms with Gasteiger partial charge in [0.15, 0.2) is 0 Å². The van der Waals surface area contributed by atoms with E-state index in [9.17, 15) is 0 Å². The fraction of sp³-hybridized carbons (Fsp3) is 0.125. The molecule has 0 saturated carbocycles. The van der Waals surface area contributed by atoms with Crippen molar-refractivity contribution in [1.29, 1.82) is 0 Å². The van der Waals surface area contributed by atoms with Crippen LogP contribution in [0.5, 0.6) is 0 Å². The Bertz CT molecular complexity index is 609. The molecule has 3 rings (SSSR count). The monoisotopic (exact) mass is 333 g/mol. The molecule has 1 unspecified atom stereocenters. The Morgan fingerprint density at radius 3 is 2.68 bits per heavy atom. The van der Waals surface area contributed by atoms with Crippen LogP contribution in [0.15, 0.2) is 54.6 Å². The van der Waals surface area contributed by atoms with Crippen molar-refractivity contribution in [3.63, 3.8) is 0 Å². The van der Waals surface area contributed by atoms with E-state index >= 15 is 0 Å². The van der Waals surface area contributed by atoms with Crippen molar-refractivity contribution >= 4 is 39.3 Å². The molecule has 0 N–H and O–H groups in total. The van der Waals surface area contributed by atoms with Crippen molar-refractivity contribution < 1.29 is 0 Å². The summed E-state index contributed by atoms with van der Waals surface area (Å²) in [7, 11) is 0. The number of anilines is 1. The summed E-state index contributed by atoms with van der Waals surface area (Å²) in [6.45, 7) is 0.871. The first kappa shape index (κ1) is 12.8. The average Bonchev–Trinajstić information content (AvgIpc) is 2.43. The molecular weight excluding hydrogens is 322 g/mol. The van der Waals surface area contributed by atoms with Crippen molar-refractivity contribution in [1.82, 2.24) is 0 Å². The normalized spacial score (nSPS) is 17.4. The van der Waals surface area contributed by atoms with Crippen molar-refractivity contribution in [2.75, 3.05) is 4.90 Å². The molecule has 2 aromatic rings. The highest BCUT2D eigenvalue weighted by atomic mass is 79.9. The first-order chi connectivity index (χ1) is 9.24. The summed E-state index contributed by atoms with van der Waals surface area (Å²) in [5, 5.41) is 0.774. The molecule has 1 heterocycles. The molecule has 1 aliphatic rings. The number of nitrogens with zero attached hydrogens (tertiary/aromatic N) is 1. The fourth-order valence-electron chi connectivity index (χ4n) is 2.29. The van der Waals surface area contributed by atoms with E-state index in [-0.39, 0.29) is 4.95 Å². The Morgan fingerprint density at radius 1 is 1.11 bits per heavy atom. The highest BCUT2D eigenvalue weighted by Gasteiger charge is 2.20. The number of rotatable bonds is 2. The van der Waals surface area contributed by atoms with Gasteiger partial charge < -0.3 is 4.90 Å². The summed E-state index contributed by atoms with van der Waals surface area (Å²) in [6.07, 6.45) is 4.25. The van der Waals surface area contributed by atoms with E-state index in [0.29, 0.717) is 0 Å². The Hall–Kier alpha value is -1.25. The lowest BCUT2D eigenvalue weighted by molar-refractivity contribution is 0.835. The van der Waals surface area contributed by atoms with E-state index in [1.807, 2.05) is 18.2 Å². The third-order valence-electron chi connectivity index (χ3n) is 3.23. The van der Waals surface area contributed by atoms with E-state index in [1.165, 1.54) is 16.8 Å². The van der Waals surface area contributed by atoms with Gasteiger partial charge in [-0.15, -0.1) is 0 Å². The quantitative estimate of drug-likeness (QED) is 0.546. The lowest BCUT2D eigenvalue weighted by Crippen LogP contribution is -2.31. The molecule has 0 radical (unpaired) electrons. The van der Waals surface area contributed by atoms with Gasteiger partial charge in [0.05, 0.1) is 0 Å². The molecule has 1 aliphatic heterocycles. The van der Waals surface area contributed by atoms with Gasteiger partial charge in [-0.05, 0) is 29.3 Å². The van der Waals surface area contributed by atoms with Gasteiger partial charge >= 0.3 is 0 Å². The zero-order valence-corrected chi connectivity index (χ0v) is 12.6. The van der Waals surface area contributed by atoms with Crippen LogP contribution >= 0.6 is 27.5 Å². The molecule has 1 nitrogen and oxygen atoms in total. The molecule has 1 atom stereocenters. The third kappa shape index (κ3) is 2.70. The maximum absolute atomic E-state index is 6.06. The summed E-state index contributed by atoms with van der Waals surface area (Å²) < 4.78 is 0. The fourth-order valence-corrected chi connectivity index (χ4v) is 2.99. The second-order valence-corrected chi connectivity index (χ2v) is 5.92. The number of fused-ring (bicyclic) bond motifs is 1. The molecule has 0 fully saturated rings. The van der Waals surface area contributed by atoms with Crippen molar-refractivity contribution in [3.05, 3.63) is 70.8 Å². The van der Waals surface area contributed by atoms with Crippen LogP contribution in [0.4, 0.5) is 5.69 Å². The Labute approximate surface area is 126 Å². The SMILES string of the molecule is Clc1ccc2c(c1)C=CC(Br)N2Cc1ccccc1. The van der Waals surface area contributed by atoms with E-state index in [4.69, 9.17) is 11.6 Å². The number of halogens is 2. The first-order valence-corrected chi connectivity index (χ1v) is 7.46. The zero-order valence-electron chi connectivity index (χ0n) is 10.3. The van der Waals surface area contributed by atoms with Crippen LogP contribution < -0.4 is 4.90 Å². The number of hydrogen-bond donors (Lipinski definition) is 0. The Morgan fingerprint density at radius 2 is 1.89 bits per heavy atom. The molecule has 96 valence electrons. The minimum absolute atomic E-state index is 0.210. The zero-order chi connectivity index (χ0) is 13.2. The van der Waals surface area contributed by atoms with Gasteiger partial charge in [0.2, 0.25) is 0 Å². The Balaban J connectivity index is 1.95. The average molecular weight is 335 g/mol. The minimum Gasteiger partial charge on any atom is -0.351 e. The molecule has 0 aromatic heterocycles. The van der Waals surface area contributed by atoms with E-state index in [2.05, 4.69) is 63.3 Å². The smallest absolute Gasteiger partial charge is 0.104 e. The van der Waals surface area contributed by atoms with Gasteiger partial charge in [-0.1, -0.05) is 70.0 Å². The summed E-state index contributed by atoms with van der Waals surface area (Å²) in [5.41, 5.74) is 3.67. The second-order valence-electron chi connectivity index (χ2n) is 4.55. The van der Waals surface area contributed by atoms with Crippen LogP contribution in [-0.2, 0) is 6.54 Å². The molecule has 0 amide bonds. The lowest BCUT2D eigenvalue weighted by atomic mass is 10.1. The van der Waals surface area contributed by atoms with E-state index < -0.39 is 0 Å². The first-order valence-electron chi connectivity index (χ1n) is 6.16. The van der Waals surface area contributed by atoms with Crippen molar-refractivity contribution in [3.8, 4) is 0 Å². The van der Waals surface area contributed by atoms with Gasteiger partial charge in [0.1, 0.15) is 4.95 Å². The van der Waals surface area contributed by atoms with Gasteiger partial charge in [0, 0.05) is 17.3 Å². The highest BCUT2D eigenvalue weighted by molar-refractivity contribution is 9.09. The topological polar surface area (TPSA) is 3.24 Å². The molecule has 0 spiro atoms. The summed E-state index contributed by atoms with van der Waals surface area (Å²) in [4.78, 5) is 2.53. The van der Waals surface area contributed by atoms with Gasteiger partial charge in [-0.25, -0.2) is 0 Å². The van der Waals surface area contributed by atoms with Crippen LogP contribution in [0.25, 0.3) is 6.08 Å². The third-order valence-corrected chi connectivity index (χ3v) is 4.26. The molecule has 19 heavy (non-hydrogen) atoms. The van der Waals surface area contributed by atoms with Crippen molar-refractivity contribution in [2.45, 2.75) is 11.5 Å². The molecule has 0 bridgehead atoms. The van der Waals surface area contributed by atoms with Crippen LogP contribution in [0.3, 0.4) is 0 Å². The molecule has 0 saturated heterocycles. The highest BCUT2D eigenvalue weighted by Crippen LogP contribution is 2.34. The summed E-state index contributed by atoms with van der Waals surface area (Å²) >= 11 is 9.76. The van der Waals surface area contributed by atoms with Crippen LogP contribution in [0, 0.1) is 0 Å². The number of hydrogen-bond acceptors (Lipinski definition) is 1. The van der Waals surface area contributed by atoms with Gasteiger partial charge in [-0.2, -0.15) is 0 Å². The molecular formula is C16H13BrClN. The van der Waals surface area contributed by atoms with E-state index in [0.717, 1.165) is 11.6 Å². The minimum atomic E-state index is 0.210. The molecule has 2 aromatic carbocycles. The summed E-state index contributed by atoms with van der Waals surface area (Å²) in [5.74, 6) is 0. The predicted octanol–water partition coefficient (Wildman–Crippen LogP) is 5.09. The molecule has 3 heteroatoms. The number of alkyl halides is 1. The van der Waals surface area contributed by atoms with Gasteiger partial charge in [0.25, 0.3) is 0 Å². The second kappa shape index (κ2) is 5.40. The Kier molecular flexibility index (Phi) is 3.63. The van der Waals surface area contributed by atoms with Crippen LogP contribution in [-0.4, -0.2) is 4.95 Å². The van der Waals surface area contributed by atoms with Crippen LogP contribution in [0.2, 0.25) is 5.02 Å². The summed E-state index contributed by atoms with van der Waals surface area (Å²) in [6, 6.07) is 16.5.